The summed E-state index contributed by atoms with van der Waals surface area (Å²) in [4.78, 5) is 0. The van der Waals surface area contributed by atoms with Gasteiger partial charge in [-0.2, -0.15) is 0 Å². The van der Waals surface area contributed by atoms with Crippen LogP contribution < -0.4 is 10.3 Å². The van der Waals surface area contributed by atoms with Crippen LogP contribution in [0.2, 0.25) is 0 Å². The fourth-order valence-corrected chi connectivity index (χ4v) is 4.23. The fraction of sp³-hybridized carbons (Fsp3) is 0.647. The first-order chi connectivity index (χ1) is 10.1. The number of hydrogen-bond donors (Lipinski definition) is 2. The van der Waals surface area contributed by atoms with E-state index in [-0.39, 0.29) is 0 Å². The van der Waals surface area contributed by atoms with E-state index >= 15 is 0 Å². The predicted molar refractivity (Wildman–Crippen MR) is 92.1 cm³/mol. The molecule has 21 heavy (non-hydrogen) atoms. The maximum Gasteiger partial charge on any atom is 0.123 e. The molecule has 1 aromatic rings. The van der Waals surface area contributed by atoms with Crippen molar-refractivity contribution in [2.75, 3.05) is 19.4 Å². The molecule has 0 saturated heterocycles. The molecule has 0 saturated carbocycles. The molecule has 3 nitrogen and oxygen atoms in total. The van der Waals surface area contributed by atoms with Crippen LogP contribution in [-0.2, 0) is 0 Å². The summed E-state index contributed by atoms with van der Waals surface area (Å²) in [5, 5.41) is 10.0. The second-order valence-corrected chi connectivity index (χ2v) is 7.43. The topological polar surface area (TPSA) is 55.5 Å². The normalized spacial score (nSPS) is 15.5. The number of benzene rings is 1. The number of aliphatic hydroxyl groups excluding tert-OH is 1. The zero-order valence-corrected chi connectivity index (χ0v) is 14.5. The summed E-state index contributed by atoms with van der Waals surface area (Å²) in [7, 11) is -0.459. The van der Waals surface area contributed by atoms with Crippen molar-refractivity contribution in [1.29, 1.82) is 0 Å². The first-order valence-electron chi connectivity index (χ1n) is 7.97. The Morgan fingerprint density at radius 3 is 2.67 bits per heavy atom. The van der Waals surface area contributed by atoms with Crippen LogP contribution in [0.25, 0.3) is 0 Å². The monoisotopic (exact) mass is 311 g/mol. The molecule has 0 amide bonds. The Balaban J connectivity index is 2.59. The van der Waals surface area contributed by atoms with Crippen molar-refractivity contribution in [2.24, 2.45) is 11.7 Å². The summed E-state index contributed by atoms with van der Waals surface area (Å²) < 4.78 is 6.08. The minimum absolute atomic E-state index is 0.459. The molecular weight excluding hydrogens is 281 g/mol. The van der Waals surface area contributed by atoms with Gasteiger partial charge < -0.3 is 15.4 Å². The van der Waals surface area contributed by atoms with Crippen molar-refractivity contribution >= 4 is 8.15 Å². The van der Waals surface area contributed by atoms with Gasteiger partial charge in [-0.05, 0) is 43.2 Å². The molecule has 3 unspecified atom stereocenters. The molecular formula is C17H30NO2P. The molecule has 0 spiro atoms. The SMILES string of the molecule is CCCC(CC)CP(C)Oc1cccc(C(O)CCN)c1. The van der Waals surface area contributed by atoms with Crippen molar-refractivity contribution < 1.29 is 9.63 Å². The Bertz CT molecular complexity index is 400. The highest BCUT2D eigenvalue weighted by atomic mass is 31.1. The molecule has 3 atom stereocenters. The van der Waals surface area contributed by atoms with Crippen LogP contribution in [0.1, 0.15) is 51.2 Å². The summed E-state index contributed by atoms with van der Waals surface area (Å²) in [5.74, 6) is 1.63. The van der Waals surface area contributed by atoms with Crippen LogP contribution in [0, 0.1) is 5.92 Å². The molecule has 0 heterocycles. The van der Waals surface area contributed by atoms with Gasteiger partial charge in [-0.15, -0.1) is 0 Å². The van der Waals surface area contributed by atoms with Gasteiger partial charge in [0.2, 0.25) is 0 Å². The van der Waals surface area contributed by atoms with E-state index in [2.05, 4.69) is 20.5 Å². The van der Waals surface area contributed by atoms with Crippen LogP contribution >= 0.6 is 8.15 Å². The van der Waals surface area contributed by atoms with Crippen LogP contribution in [0.4, 0.5) is 0 Å². The smallest absolute Gasteiger partial charge is 0.123 e. The van der Waals surface area contributed by atoms with Gasteiger partial charge in [0.25, 0.3) is 0 Å². The first kappa shape index (κ1) is 18.4. The number of aliphatic hydroxyl groups is 1. The standard InChI is InChI=1S/C17H30NO2P/c1-4-7-14(5-2)13-21(3)20-16-9-6-8-15(12-16)17(19)10-11-18/h6,8-9,12,14,17,19H,4-5,7,10-11,13,18H2,1-3H3. The molecule has 120 valence electrons. The summed E-state index contributed by atoms with van der Waals surface area (Å²) in [6.07, 6.45) is 4.97. The van der Waals surface area contributed by atoms with Gasteiger partial charge in [-0.3, -0.25) is 0 Å². The molecule has 3 N–H and O–H groups in total. The summed E-state index contributed by atoms with van der Waals surface area (Å²) >= 11 is 0. The van der Waals surface area contributed by atoms with E-state index in [1.165, 1.54) is 19.3 Å². The van der Waals surface area contributed by atoms with Gasteiger partial charge >= 0.3 is 0 Å². The fourth-order valence-electron chi connectivity index (χ4n) is 2.52. The third-order valence-corrected chi connectivity index (χ3v) is 5.29. The van der Waals surface area contributed by atoms with Crippen LogP contribution in [-0.4, -0.2) is 24.5 Å². The molecule has 0 fully saturated rings. The van der Waals surface area contributed by atoms with Gasteiger partial charge in [-0.1, -0.05) is 45.2 Å². The third kappa shape index (κ3) is 6.78. The van der Waals surface area contributed by atoms with E-state index in [1.807, 2.05) is 24.3 Å². The molecule has 1 rings (SSSR count). The number of nitrogens with two attached hydrogens (primary N) is 1. The van der Waals surface area contributed by atoms with E-state index in [1.54, 1.807) is 0 Å². The van der Waals surface area contributed by atoms with E-state index in [4.69, 9.17) is 10.3 Å². The molecule has 1 aromatic carbocycles. The highest BCUT2D eigenvalue weighted by Gasteiger charge is 2.13. The largest absolute Gasteiger partial charge is 0.474 e. The average molecular weight is 311 g/mol. The Morgan fingerprint density at radius 2 is 2.05 bits per heavy atom. The molecule has 0 aromatic heterocycles. The summed E-state index contributed by atoms with van der Waals surface area (Å²) in [6, 6.07) is 7.78. The minimum Gasteiger partial charge on any atom is -0.474 e. The molecule has 0 aliphatic carbocycles. The molecule has 0 aliphatic rings. The Morgan fingerprint density at radius 1 is 1.29 bits per heavy atom. The van der Waals surface area contributed by atoms with Gasteiger partial charge in [0, 0.05) is 6.16 Å². The van der Waals surface area contributed by atoms with Crippen LogP contribution in [0.15, 0.2) is 24.3 Å². The minimum atomic E-state index is -0.495. The average Bonchev–Trinajstić information content (AvgIpc) is 2.47. The first-order valence-corrected chi connectivity index (χ1v) is 9.87. The predicted octanol–water partition coefficient (Wildman–Crippen LogP) is 4.30. The van der Waals surface area contributed by atoms with Gasteiger partial charge in [0.15, 0.2) is 0 Å². The van der Waals surface area contributed by atoms with E-state index in [0.717, 1.165) is 23.4 Å². The zero-order chi connectivity index (χ0) is 15.7. The lowest BCUT2D eigenvalue weighted by molar-refractivity contribution is 0.170. The van der Waals surface area contributed by atoms with Gasteiger partial charge in [0.1, 0.15) is 5.75 Å². The maximum atomic E-state index is 10.0. The Kier molecular flexibility index (Phi) is 8.91. The number of rotatable bonds is 10. The number of hydrogen-bond acceptors (Lipinski definition) is 3. The van der Waals surface area contributed by atoms with Crippen LogP contribution in [0.5, 0.6) is 5.75 Å². The Labute approximate surface area is 130 Å². The molecule has 0 bridgehead atoms. The summed E-state index contributed by atoms with van der Waals surface area (Å²) in [6.45, 7) is 7.18. The highest BCUT2D eigenvalue weighted by molar-refractivity contribution is 7.52. The lowest BCUT2D eigenvalue weighted by Crippen LogP contribution is -2.07. The second-order valence-electron chi connectivity index (χ2n) is 5.63. The quantitative estimate of drug-likeness (QED) is 0.633. The lowest BCUT2D eigenvalue weighted by Gasteiger charge is -2.20. The molecule has 0 radical (unpaired) electrons. The molecule has 4 heteroatoms. The molecule has 0 aliphatic heterocycles. The van der Waals surface area contributed by atoms with E-state index in [9.17, 15) is 5.11 Å². The van der Waals surface area contributed by atoms with Crippen molar-refractivity contribution in [1.82, 2.24) is 0 Å². The third-order valence-electron chi connectivity index (χ3n) is 3.73. The highest BCUT2D eigenvalue weighted by Crippen LogP contribution is 2.38. The van der Waals surface area contributed by atoms with Crippen LogP contribution in [0.3, 0.4) is 0 Å². The van der Waals surface area contributed by atoms with Gasteiger partial charge in [0.05, 0.1) is 14.3 Å². The van der Waals surface area contributed by atoms with Gasteiger partial charge in [-0.25, -0.2) is 0 Å². The lowest BCUT2D eigenvalue weighted by atomic mass is 10.0. The van der Waals surface area contributed by atoms with Crippen molar-refractivity contribution in [2.45, 2.75) is 45.6 Å². The van der Waals surface area contributed by atoms with Crippen molar-refractivity contribution in [3.63, 3.8) is 0 Å². The summed E-state index contributed by atoms with van der Waals surface area (Å²) in [5.41, 5.74) is 6.39. The zero-order valence-electron chi connectivity index (χ0n) is 13.6. The van der Waals surface area contributed by atoms with Crippen molar-refractivity contribution in [3.8, 4) is 5.75 Å². The van der Waals surface area contributed by atoms with Crippen molar-refractivity contribution in [3.05, 3.63) is 29.8 Å². The Hall–Kier alpha value is -0.630. The van der Waals surface area contributed by atoms with E-state index in [0.29, 0.717) is 13.0 Å². The van der Waals surface area contributed by atoms with E-state index < -0.39 is 14.3 Å². The maximum absolute atomic E-state index is 10.0. The second kappa shape index (κ2) is 10.2.